The van der Waals surface area contributed by atoms with Crippen LogP contribution in [0, 0.1) is 6.92 Å². The van der Waals surface area contributed by atoms with Crippen LogP contribution >= 0.6 is 11.6 Å². The Balaban J connectivity index is 1.51. The summed E-state index contributed by atoms with van der Waals surface area (Å²) >= 11 is 5.82. The first kappa shape index (κ1) is 17.3. The van der Waals surface area contributed by atoms with E-state index in [0.29, 0.717) is 17.0 Å². The number of hydrogen-bond donors (Lipinski definition) is 1. The molecule has 5 rings (SSSR count). The van der Waals surface area contributed by atoms with Gasteiger partial charge in [0.25, 0.3) is 5.91 Å². The number of carbonyl (C=O) groups excluding carboxylic acids is 1. The fourth-order valence-corrected chi connectivity index (χ4v) is 4.06. The lowest BCUT2D eigenvalue weighted by molar-refractivity contribution is 0.0930. The SMILES string of the molecule is Cc1cc2nc(CCl)oc2cc1C(=O)NC1(c2cccc3ccccc23)CC1. The number of aryl methyl sites for hydroxylation is 1. The number of benzene rings is 3. The number of oxazole rings is 1. The van der Waals surface area contributed by atoms with Crippen LogP contribution in [0.25, 0.3) is 21.9 Å². The van der Waals surface area contributed by atoms with Gasteiger partial charge in [0.15, 0.2) is 5.58 Å². The molecule has 1 amide bonds. The summed E-state index contributed by atoms with van der Waals surface area (Å²) in [4.78, 5) is 17.5. The maximum Gasteiger partial charge on any atom is 0.252 e. The molecule has 1 fully saturated rings. The molecule has 0 atom stereocenters. The molecular formula is C23H19ClN2O2. The Morgan fingerprint density at radius 2 is 1.96 bits per heavy atom. The number of rotatable bonds is 4. The van der Waals surface area contributed by atoms with E-state index in [4.69, 9.17) is 16.0 Å². The smallest absolute Gasteiger partial charge is 0.252 e. The molecule has 0 bridgehead atoms. The fourth-order valence-electron chi connectivity index (χ4n) is 3.94. The summed E-state index contributed by atoms with van der Waals surface area (Å²) in [6.07, 6.45) is 1.87. The Morgan fingerprint density at radius 3 is 2.75 bits per heavy atom. The van der Waals surface area contributed by atoms with Crippen molar-refractivity contribution in [1.82, 2.24) is 10.3 Å². The first-order chi connectivity index (χ1) is 13.6. The van der Waals surface area contributed by atoms with E-state index in [1.165, 1.54) is 16.3 Å². The number of halogens is 1. The van der Waals surface area contributed by atoms with Crippen LogP contribution in [0.15, 0.2) is 59.0 Å². The molecule has 1 heterocycles. The van der Waals surface area contributed by atoms with Crippen molar-refractivity contribution >= 4 is 39.4 Å². The van der Waals surface area contributed by atoms with Crippen LogP contribution in [0.5, 0.6) is 0 Å². The Morgan fingerprint density at radius 1 is 1.18 bits per heavy atom. The standard InChI is InChI=1S/C23H19ClN2O2/c1-14-11-19-20(28-21(13-24)25-19)12-17(14)22(27)26-23(9-10-23)18-8-4-6-15-5-2-3-7-16(15)18/h2-8,11-12H,9-10,13H2,1H3,(H,26,27). The molecule has 0 unspecified atom stereocenters. The molecule has 1 aliphatic rings. The highest BCUT2D eigenvalue weighted by Gasteiger charge is 2.46. The maximum atomic E-state index is 13.2. The molecule has 4 nitrogen and oxygen atoms in total. The van der Waals surface area contributed by atoms with Gasteiger partial charge in [-0.1, -0.05) is 42.5 Å². The predicted molar refractivity (Wildman–Crippen MR) is 111 cm³/mol. The summed E-state index contributed by atoms with van der Waals surface area (Å²) in [5, 5.41) is 5.67. The maximum absolute atomic E-state index is 13.2. The zero-order valence-corrected chi connectivity index (χ0v) is 16.2. The molecule has 28 heavy (non-hydrogen) atoms. The van der Waals surface area contributed by atoms with Gasteiger partial charge in [0, 0.05) is 5.56 Å². The number of alkyl halides is 1. The van der Waals surface area contributed by atoms with Crippen LogP contribution < -0.4 is 5.32 Å². The minimum absolute atomic E-state index is 0.0892. The van der Waals surface area contributed by atoms with Gasteiger partial charge in [-0.2, -0.15) is 0 Å². The molecule has 1 aliphatic carbocycles. The highest BCUT2D eigenvalue weighted by atomic mass is 35.5. The lowest BCUT2D eigenvalue weighted by Gasteiger charge is -2.20. The topological polar surface area (TPSA) is 55.1 Å². The molecule has 1 N–H and O–H groups in total. The van der Waals surface area contributed by atoms with Gasteiger partial charge in [0.05, 0.1) is 11.4 Å². The summed E-state index contributed by atoms with van der Waals surface area (Å²) < 4.78 is 5.63. The Bertz CT molecular complexity index is 1220. The van der Waals surface area contributed by atoms with Crippen molar-refractivity contribution in [3.05, 3.63) is 77.2 Å². The van der Waals surface area contributed by atoms with Crippen LogP contribution in [-0.4, -0.2) is 10.9 Å². The number of amides is 1. The minimum Gasteiger partial charge on any atom is -0.439 e. The Kier molecular flexibility index (Phi) is 3.91. The number of carbonyl (C=O) groups is 1. The van der Waals surface area contributed by atoms with Crippen molar-refractivity contribution in [2.75, 3.05) is 0 Å². The third-order valence-corrected chi connectivity index (χ3v) is 5.77. The van der Waals surface area contributed by atoms with Crippen molar-refractivity contribution in [3.8, 4) is 0 Å². The Labute approximate surface area is 167 Å². The van der Waals surface area contributed by atoms with Gasteiger partial charge in [-0.3, -0.25) is 4.79 Å². The van der Waals surface area contributed by atoms with Crippen molar-refractivity contribution in [2.24, 2.45) is 0 Å². The van der Waals surface area contributed by atoms with Gasteiger partial charge in [-0.25, -0.2) is 4.98 Å². The van der Waals surface area contributed by atoms with E-state index in [1.807, 2.05) is 25.1 Å². The van der Waals surface area contributed by atoms with E-state index in [2.05, 4.69) is 40.6 Å². The lowest BCUT2D eigenvalue weighted by Crippen LogP contribution is -2.35. The van der Waals surface area contributed by atoms with Gasteiger partial charge < -0.3 is 9.73 Å². The summed E-state index contributed by atoms with van der Waals surface area (Å²) in [6, 6.07) is 18.2. The zero-order valence-electron chi connectivity index (χ0n) is 15.5. The molecular weight excluding hydrogens is 372 g/mol. The van der Waals surface area contributed by atoms with Gasteiger partial charge in [0.2, 0.25) is 5.89 Å². The molecule has 1 saturated carbocycles. The van der Waals surface area contributed by atoms with Gasteiger partial charge in [-0.05, 0) is 53.8 Å². The zero-order chi connectivity index (χ0) is 19.3. The summed E-state index contributed by atoms with van der Waals surface area (Å²) in [7, 11) is 0. The van der Waals surface area contributed by atoms with E-state index in [9.17, 15) is 4.79 Å². The number of fused-ring (bicyclic) bond motifs is 2. The van der Waals surface area contributed by atoms with Gasteiger partial charge >= 0.3 is 0 Å². The summed E-state index contributed by atoms with van der Waals surface area (Å²) in [5.74, 6) is 0.580. The van der Waals surface area contributed by atoms with Crippen LogP contribution in [0.1, 0.15) is 40.2 Å². The number of nitrogens with one attached hydrogen (secondary N) is 1. The van der Waals surface area contributed by atoms with E-state index in [1.54, 1.807) is 6.07 Å². The molecule has 0 spiro atoms. The number of aromatic nitrogens is 1. The molecule has 4 aromatic rings. The second-order valence-corrected chi connectivity index (χ2v) is 7.71. The molecule has 1 aromatic heterocycles. The van der Waals surface area contributed by atoms with Crippen molar-refractivity contribution in [3.63, 3.8) is 0 Å². The first-order valence-corrected chi connectivity index (χ1v) is 9.90. The van der Waals surface area contributed by atoms with Crippen LogP contribution in [0.3, 0.4) is 0 Å². The second kappa shape index (κ2) is 6.35. The largest absolute Gasteiger partial charge is 0.439 e. The average Bonchev–Trinajstić information content (AvgIpc) is 3.37. The van der Waals surface area contributed by atoms with E-state index >= 15 is 0 Å². The molecule has 0 saturated heterocycles. The summed E-state index contributed by atoms with van der Waals surface area (Å²) in [6.45, 7) is 1.92. The third kappa shape index (κ3) is 2.76. The lowest BCUT2D eigenvalue weighted by atomic mass is 9.96. The quantitative estimate of drug-likeness (QED) is 0.471. The monoisotopic (exact) mass is 390 g/mol. The van der Waals surface area contributed by atoms with E-state index < -0.39 is 0 Å². The highest BCUT2D eigenvalue weighted by Crippen LogP contribution is 2.48. The highest BCUT2D eigenvalue weighted by molar-refractivity contribution is 6.16. The molecule has 5 heteroatoms. The first-order valence-electron chi connectivity index (χ1n) is 9.36. The minimum atomic E-state index is -0.304. The molecule has 140 valence electrons. The molecule has 0 radical (unpaired) electrons. The fraction of sp³-hybridized carbons (Fsp3) is 0.217. The summed E-state index contributed by atoms with van der Waals surface area (Å²) in [5.41, 5.74) is 3.66. The second-order valence-electron chi connectivity index (χ2n) is 7.44. The van der Waals surface area contributed by atoms with Crippen LogP contribution in [0.4, 0.5) is 0 Å². The van der Waals surface area contributed by atoms with Gasteiger partial charge in [-0.15, -0.1) is 11.6 Å². The van der Waals surface area contributed by atoms with Crippen LogP contribution in [0.2, 0.25) is 0 Å². The van der Waals surface area contributed by atoms with Gasteiger partial charge in [0.1, 0.15) is 5.52 Å². The van der Waals surface area contributed by atoms with Crippen LogP contribution in [-0.2, 0) is 11.4 Å². The number of hydrogen-bond acceptors (Lipinski definition) is 3. The van der Waals surface area contributed by atoms with Crippen molar-refractivity contribution in [1.29, 1.82) is 0 Å². The number of nitrogens with zero attached hydrogens (tertiary/aromatic N) is 1. The van der Waals surface area contributed by atoms with Crippen molar-refractivity contribution in [2.45, 2.75) is 31.2 Å². The van der Waals surface area contributed by atoms with Crippen molar-refractivity contribution < 1.29 is 9.21 Å². The average molecular weight is 391 g/mol. The third-order valence-electron chi connectivity index (χ3n) is 5.55. The molecule has 3 aromatic carbocycles. The Hall–Kier alpha value is -2.85. The van der Waals surface area contributed by atoms with E-state index in [-0.39, 0.29) is 17.3 Å². The molecule has 0 aliphatic heterocycles. The van der Waals surface area contributed by atoms with E-state index in [0.717, 1.165) is 23.9 Å². The predicted octanol–water partition coefficient (Wildman–Crippen LogP) is 5.45. The normalized spacial score (nSPS) is 15.1.